The van der Waals surface area contributed by atoms with Crippen LogP contribution in [0, 0.1) is 5.92 Å². The number of allylic oxidation sites excluding steroid dienone is 3. The topological polar surface area (TPSA) is 46.2 Å². The Kier molecular flexibility index (Phi) is 5.57. The first-order valence-corrected chi connectivity index (χ1v) is 9.42. The van der Waals surface area contributed by atoms with Crippen LogP contribution in [0.1, 0.15) is 61.1 Å². The molecule has 3 atom stereocenters. The van der Waals surface area contributed by atoms with Crippen molar-refractivity contribution in [2.45, 2.75) is 62.8 Å². The van der Waals surface area contributed by atoms with Crippen molar-refractivity contribution in [3.8, 4) is 0 Å². The van der Waals surface area contributed by atoms with Crippen LogP contribution in [-0.2, 0) is 12.8 Å². The number of aliphatic hydroxyl groups excluding tert-OH is 1. The molecule has 0 saturated heterocycles. The van der Waals surface area contributed by atoms with E-state index < -0.39 is 0 Å². The lowest BCUT2D eigenvalue weighted by atomic mass is 9.81. The highest BCUT2D eigenvalue weighted by Gasteiger charge is 2.36. The van der Waals surface area contributed by atoms with Crippen molar-refractivity contribution in [3.05, 3.63) is 59.7 Å². The summed E-state index contributed by atoms with van der Waals surface area (Å²) in [5.74, 6) is 1.20. The summed E-state index contributed by atoms with van der Waals surface area (Å²) in [6.07, 6.45) is 15.4. The zero-order chi connectivity index (χ0) is 17.0. The van der Waals surface area contributed by atoms with Crippen molar-refractivity contribution >= 4 is 0 Å². The molecule has 1 aromatic carbocycles. The van der Waals surface area contributed by atoms with Gasteiger partial charge < -0.3 is 10.8 Å². The molecule has 0 heterocycles. The van der Waals surface area contributed by atoms with Crippen LogP contribution in [0.25, 0.3) is 0 Å². The van der Waals surface area contributed by atoms with Crippen LogP contribution in [0.4, 0.5) is 0 Å². The standard InChI is InChI=1S/C22H31NO/c1-2-3-4-5-6-17-7-8-19-14-20(10-9-18(19)13-17)21-11-12-22(23,15-21)16-24/h2,5-6,9-10,14,17,21,24H,1,3-4,7-8,11-13,15-16,23H2/b6-5+/t17-,21+,22-/m1/s1. The molecule has 0 aliphatic heterocycles. The molecule has 0 amide bonds. The first-order valence-electron chi connectivity index (χ1n) is 9.42. The number of rotatable bonds is 6. The second kappa shape index (κ2) is 7.67. The third-order valence-electron chi connectivity index (χ3n) is 5.87. The van der Waals surface area contributed by atoms with E-state index in [1.165, 1.54) is 36.0 Å². The van der Waals surface area contributed by atoms with Crippen LogP contribution in [0.15, 0.2) is 43.0 Å². The van der Waals surface area contributed by atoms with E-state index >= 15 is 0 Å². The highest BCUT2D eigenvalue weighted by molar-refractivity contribution is 5.37. The Morgan fingerprint density at radius 3 is 2.88 bits per heavy atom. The van der Waals surface area contributed by atoms with E-state index in [9.17, 15) is 5.11 Å². The average Bonchev–Trinajstić information content (AvgIpc) is 3.01. The summed E-state index contributed by atoms with van der Waals surface area (Å²) in [7, 11) is 0. The van der Waals surface area contributed by atoms with Gasteiger partial charge >= 0.3 is 0 Å². The molecule has 2 aliphatic rings. The fraction of sp³-hybridized carbons (Fsp3) is 0.545. The van der Waals surface area contributed by atoms with Gasteiger partial charge in [-0.2, -0.15) is 0 Å². The maximum absolute atomic E-state index is 9.48. The molecule has 1 fully saturated rings. The van der Waals surface area contributed by atoms with E-state index in [-0.39, 0.29) is 12.1 Å². The predicted molar refractivity (Wildman–Crippen MR) is 101 cm³/mol. The van der Waals surface area contributed by atoms with E-state index in [2.05, 4.69) is 36.9 Å². The number of aryl methyl sites for hydroxylation is 1. The van der Waals surface area contributed by atoms with Crippen LogP contribution >= 0.6 is 0 Å². The predicted octanol–water partition coefficient (Wildman–Crippen LogP) is 4.27. The Morgan fingerprint density at radius 1 is 1.25 bits per heavy atom. The largest absolute Gasteiger partial charge is 0.394 e. The molecular formula is C22H31NO. The molecule has 2 aliphatic carbocycles. The van der Waals surface area contributed by atoms with Gasteiger partial charge in [-0.05, 0) is 79.9 Å². The van der Waals surface area contributed by atoms with Gasteiger partial charge in [0.15, 0.2) is 0 Å². The molecular weight excluding hydrogens is 294 g/mol. The lowest BCUT2D eigenvalue weighted by Crippen LogP contribution is -2.40. The molecule has 1 aromatic rings. The molecule has 0 aromatic heterocycles. The zero-order valence-electron chi connectivity index (χ0n) is 14.7. The zero-order valence-corrected chi connectivity index (χ0v) is 14.7. The SMILES string of the molecule is C=CCC/C=C/[C@@H]1CCc2cc([C@H]3CC[C@](N)(CO)C3)ccc2C1. The molecule has 0 unspecified atom stereocenters. The average molecular weight is 325 g/mol. The van der Waals surface area contributed by atoms with Gasteiger partial charge in [-0.25, -0.2) is 0 Å². The summed E-state index contributed by atoms with van der Waals surface area (Å²) in [6, 6.07) is 7.06. The summed E-state index contributed by atoms with van der Waals surface area (Å²) in [5.41, 5.74) is 10.4. The quantitative estimate of drug-likeness (QED) is 0.606. The van der Waals surface area contributed by atoms with Crippen molar-refractivity contribution in [3.63, 3.8) is 0 Å². The summed E-state index contributed by atoms with van der Waals surface area (Å²) in [6.45, 7) is 3.88. The maximum Gasteiger partial charge on any atom is 0.0611 e. The molecule has 0 spiro atoms. The van der Waals surface area contributed by atoms with Crippen LogP contribution in [0.2, 0.25) is 0 Å². The van der Waals surface area contributed by atoms with Crippen LogP contribution in [0.3, 0.4) is 0 Å². The number of unbranched alkanes of at least 4 members (excludes halogenated alkanes) is 1. The number of benzene rings is 1. The first kappa shape index (κ1) is 17.4. The highest BCUT2D eigenvalue weighted by Crippen LogP contribution is 2.40. The van der Waals surface area contributed by atoms with Gasteiger partial charge in [0.1, 0.15) is 0 Å². The minimum absolute atomic E-state index is 0.105. The van der Waals surface area contributed by atoms with Crippen molar-refractivity contribution in [1.82, 2.24) is 0 Å². The third-order valence-corrected chi connectivity index (χ3v) is 5.87. The maximum atomic E-state index is 9.48. The number of hydrogen-bond acceptors (Lipinski definition) is 2. The highest BCUT2D eigenvalue weighted by atomic mass is 16.3. The molecule has 1 saturated carbocycles. The van der Waals surface area contributed by atoms with Crippen molar-refractivity contribution in [2.75, 3.05) is 6.61 Å². The minimum atomic E-state index is -0.359. The fourth-order valence-corrected chi connectivity index (χ4v) is 4.31. The Labute approximate surface area is 146 Å². The smallest absolute Gasteiger partial charge is 0.0611 e. The van der Waals surface area contributed by atoms with Crippen molar-refractivity contribution < 1.29 is 5.11 Å². The molecule has 24 heavy (non-hydrogen) atoms. The number of nitrogens with two attached hydrogens (primary N) is 1. The molecule has 0 bridgehead atoms. The van der Waals surface area contributed by atoms with E-state index in [4.69, 9.17) is 5.73 Å². The van der Waals surface area contributed by atoms with Gasteiger partial charge in [-0.3, -0.25) is 0 Å². The van der Waals surface area contributed by atoms with Crippen LogP contribution < -0.4 is 5.73 Å². The first-order chi connectivity index (χ1) is 11.6. The number of fused-ring (bicyclic) bond motifs is 1. The van der Waals surface area contributed by atoms with E-state index in [0.29, 0.717) is 11.8 Å². The summed E-state index contributed by atoms with van der Waals surface area (Å²) >= 11 is 0. The monoisotopic (exact) mass is 325 g/mol. The Morgan fingerprint density at radius 2 is 2.12 bits per heavy atom. The summed E-state index contributed by atoms with van der Waals surface area (Å²) < 4.78 is 0. The van der Waals surface area contributed by atoms with Crippen molar-refractivity contribution in [2.24, 2.45) is 11.7 Å². The van der Waals surface area contributed by atoms with Gasteiger partial charge in [-0.15, -0.1) is 6.58 Å². The lowest BCUT2D eigenvalue weighted by Gasteiger charge is -2.25. The molecule has 3 rings (SSSR count). The van der Waals surface area contributed by atoms with Crippen LogP contribution in [0.5, 0.6) is 0 Å². The van der Waals surface area contributed by atoms with Gasteiger partial charge in [0.2, 0.25) is 0 Å². The second-order valence-corrected chi connectivity index (χ2v) is 7.79. The summed E-state index contributed by atoms with van der Waals surface area (Å²) in [4.78, 5) is 0. The van der Waals surface area contributed by atoms with Gasteiger partial charge in [0.25, 0.3) is 0 Å². The van der Waals surface area contributed by atoms with Crippen LogP contribution in [-0.4, -0.2) is 17.3 Å². The molecule has 130 valence electrons. The number of aliphatic hydroxyl groups is 1. The Hall–Kier alpha value is -1.38. The van der Waals surface area contributed by atoms with E-state index in [0.717, 1.165) is 32.1 Å². The van der Waals surface area contributed by atoms with Gasteiger partial charge in [-0.1, -0.05) is 36.4 Å². The van der Waals surface area contributed by atoms with E-state index in [1.54, 1.807) is 0 Å². The Balaban J connectivity index is 1.64. The molecule has 2 nitrogen and oxygen atoms in total. The molecule has 2 heteroatoms. The normalized spacial score (nSPS) is 29.8. The minimum Gasteiger partial charge on any atom is -0.394 e. The molecule has 0 radical (unpaired) electrons. The third kappa shape index (κ3) is 3.99. The molecule has 3 N–H and O–H groups in total. The van der Waals surface area contributed by atoms with Gasteiger partial charge in [0, 0.05) is 5.54 Å². The van der Waals surface area contributed by atoms with E-state index in [1.807, 2.05) is 6.08 Å². The second-order valence-electron chi connectivity index (χ2n) is 7.79. The number of hydrogen-bond donors (Lipinski definition) is 2. The van der Waals surface area contributed by atoms with Crippen molar-refractivity contribution in [1.29, 1.82) is 0 Å². The Bertz CT molecular complexity index is 606. The fourth-order valence-electron chi connectivity index (χ4n) is 4.31. The van der Waals surface area contributed by atoms with Gasteiger partial charge in [0.05, 0.1) is 6.61 Å². The lowest BCUT2D eigenvalue weighted by molar-refractivity contribution is 0.198. The summed E-state index contributed by atoms with van der Waals surface area (Å²) in [5, 5.41) is 9.48.